The number of hydrogen-bond donors (Lipinski definition) is 2. The first-order chi connectivity index (χ1) is 16.5. The zero-order valence-corrected chi connectivity index (χ0v) is 18.5. The van der Waals surface area contributed by atoms with Gasteiger partial charge in [-0.15, -0.1) is 0 Å². The van der Waals surface area contributed by atoms with Crippen molar-refractivity contribution in [2.45, 2.75) is 6.54 Å². The Morgan fingerprint density at radius 2 is 1.79 bits per heavy atom. The summed E-state index contributed by atoms with van der Waals surface area (Å²) in [7, 11) is 1.61. The Bertz CT molecular complexity index is 1250. The first kappa shape index (κ1) is 22.0. The van der Waals surface area contributed by atoms with Crippen molar-refractivity contribution in [3.63, 3.8) is 0 Å². The number of hydrogen-bond acceptors (Lipinski definition) is 7. The van der Waals surface area contributed by atoms with Gasteiger partial charge in [-0.1, -0.05) is 0 Å². The van der Waals surface area contributed by atoms with Gasteiger partial charge in [0, 0.05) is 63.1 Å². The van der Waals surface area contributed by atoms with E-state index in [9.17, 15) is 13.2 Å². The van der Waals surface area contributed by atoms with Crippen LogP contribution in [0, 0.1) is 17.5 Å². The minimum atomic E-state index is -1.53. The first-order valence-electron chi connectivity index (χ1n) is 10.9. The molecule has 0 saturated carbocycles. The van der Waals surface area contributed by atoms with Gasteiger partial charge in [0.25, 0.3) is 0 Å². The van der Waals surface area contributed by atoms with E-state index >= 15 is 0 Å². The molecule has 0 radical (unpaired) electrons. The third-order valence-corrected chi connectivity index (χ3v) is 5.90. The van der Waals surface area contributed by atoms with Gasteiger partial charge >= 0.3 is 0 Å². The van der Waals surface area contributed by atoms with Gasteiger partial charge in [0.15, 0.2) is 17.5 Å². The second-order valence-corrected chi connectivity index (χ2v) is 7.98. The van der Waals surface area contributed by atoms with Crippen molar-refractivity contribution in [1.82, 2.24) is 20.2 Å². The summed E-state index contributed by atoms with van der Waals surface area (Å²) >= 11 is 0. The molecule has 1 fully saturated rings. The average molecular weight is 468 g/mol. The molecule has 1 saturated heterocycles. The summed E-state index contributed by atoms with van der Waals surface area (Å²) in [5.41, 5.74) is 3.64. The van der Waals surface area contributed by atoms with E-state index in [1.807, 2.05) is 12.1 Å². The number of anilines is 3. The molecule has 2 aliphatic heterocycles. The number of pyridine rings is 2. The lowest BCUT2D eigenvalue weighted by Crippen LogP contribution is -2.43. The highest BCUT2D eigenvalue weighted by Crippen LogP contribution is 2.37. The normalized spacial score (nSPS) is 15.6. The smallest absolute Gasteiger partial charge is 0.222 e. The first-order valence-corrected chi connectivity index (χ1v) is 10.9. The second kappa shape index (κ2) is 9.22. The van der Waals surface area contributed by atoms with E-state index in [1.54, 1.807) is 25.6 Å². The number of benzene rings is 1. The molecule has 0 unspecified atom stereocenters. The summed E-state index contributed by atoms with van der Waals surface area (Å²) in [5, 5.41) is 6.11. The lowest BCUT2D eigenvalue weighted by atomic mass is 10.0. The van der Waals surface area contributed by atoms with E-state index in [0.717, 1.165) is 60.8 Å². The van der Waals surface area contributed by atoms with E-state index < -0.39 is 17.5 Å². The van der Waals surface area contributed by atoms with Gasteiger partial charge in [-0.2, -0.15) is 0 Å². The molecule has 0 bridgehead atoms. The molecule has 0 amide bonds. The minimum Gasteiger partial charge on any atom is -0.480 e. The molecule has 0 atom stereocenters. The molecular weight excluding hydrogens is 445 g/mol. The van der Waals surface area contributed by atoms with Gasteiger partial charge in [0.2, 0.25) is 5.88 Å². The van der Waals surface area contributed by atoms with Crippen LogP contribution in [0.3, 0.4) is 0 Å². The molecular formula is C24H23F3N6O. The number of methoxy groups -OCH3 is 1. The molecule has 4 heterocycles. The van der Waals surface area contributed by atoms with E-state index in [2.05, 4.69) is 36.6 Å². The van der Waals surface area contributed by atoms with Crippen LogP contribution in [0.5, 0.6) is 5.88 Å². The Kier molecular flexibility index (Phi) is 5.97. The number of ether oxygens (including phenoxy) is 1. The molecule has 7 nitrogen and oxygen atoms in total. The lowest BCUT2D eigenvalue weighted by Gasteiger charge is -2.37. The third-order valence-electron chi connectivity index (χ3n) is 5.90. The standard InChI is InChI=1S/C24H23F3N6O/c1-34-24-21-15(4-6-30-24)13-33(14-19(21)32-10-8-28-9-11-32)16-5-7-29-20(12-16)31-18-3-2-17(25)22(26)23(18)27/h2-7,12,14,28H,8-11,13H2,1H3,(H,29,31). The van der Waals surface area contributed by atoms with Crippen LogP contribution in [0.15, 0.2) is 48.9 Å². The molecule has 10 heteroatoms. The molecule has 176 valence electrons. The monoisotopic (exact) mass is 468 g/mol. The number of fused-ring (bicyclic) bond motifs is 1. The Labute approximate surface area is 194 Å². The Morgan fingerprint density at radius 1 is 1.00 bits per heavy atom. The summed E-state index contributed by atoms with van der Waals surface area (Å²) in [6, 6.07) is 7.55. The summed E-state index contributed by atoms with van der Waals surface area (Å²) in [4.78, 5) is 13.0. The zero-order valence-electron chi connectivity index (χ0n) is 18.5. The fourth-order valence-electron chi connectivity index (χ4n) is 4.22. The molecule has 34 heavy (non-hydrogen) atoms. The SMILES string of the molecule is COc1nccc2c1C(N1CCNCC1)=CN(c1ccnc(Nc3ccc(F)c(F)c3F)c1)C2. The predicted molar refractivity (Wildman–Crippen MR) is 123 cm³/mol. The largest absolute Gasteiger partial charge is 0.480 e. The quantitative estimate of drug-likeness (QED) is 0.551. The third kappa shape index (κ3) is 4.12. The Balaban J connectivity index is 1.50. The van der Waals surface area contributed by atoms with Crippen molar-refractivity contribution in [2.75, 3.05) is 43.5 Å². The van der Waals surface area contributed by atoms with E-state index in [1.165, 1.54) is 0 Å². The number of nitrogens with zero attached hydrogens (tertiary/aromatic N) is 4. The fourth-order valence-corrected chi connectivity index (χ4v) is 4.22. The highest BCUT2D eigenvalue weighted by molar-refractivity contribution is 5.77. The Morgan fingerprint density at radius 3 is 2.59 bits per heavy atom. The maximum atomic E-state index is 14.1. The van der Waals surface area contributed by atoms with Crippen LogP contribution in [0.2, 0.25) is 0 Å². The number of halogens is 3. The van der Waals surface area contributed by atoms with Crippen molar-refractivity contribution in [2.24, 2.45) is 0 Å². The fraction of sp³-hybridized carbons (Fsp3) is 0.250. The van der Waals surface area contributed by atoms with E-state index in [-0.39, 0.29) is 5.69 Å². The highest BCUT2D eigenvalue weighted by atomic mass is 19.2. The number of rotatable bonds is 5. The topological polar surface area (TPSA) is 65.5 Å². The van der Waals surface area contributed by atoms with Crippen molar-refractivity contribution >= 4 is 22.9 Å². The van der Waals surface area contributed by atoms with Gasteiger partial charge < -0.3 is 25.2 Å². The van der Waals surface area contributed by atoms with Gasteiger partial charge in [0.1, 0.15) is 5.82 Å². The van der Waals surface area contributed by atoms with Crippen LogP contribution in [0.4, 0.5) is 30.4 Å². The van der Waals surface area contributed by atoms with Crippen LogP contribution in [-0.2, 0) is 6.54 Å². The molecule has 0 aliphatic carbocycles. The maximum absolute atomic E-state index is 14.1. The summed E-state index contributed by atoms with van der Waals surface area (Å²) < 4.78 is 46.6. The van der Waals surface area contributed by atoms with E-state index in [4.69, 9.17) is 4.74 Å². The molecule has 3 aromatic rings. The van der Waals surface area contributed by atoms with Crippen molar-refractivity contribution in [3.8, 4) is 5.88 Å². The summed E-state index contributed by atoms with van der Waals surface area (Å²) in [6.45, 7) is 4.00. The zero-order chi connectivity index (χ0) is 23.7. The maximum Gasteiger partial charge on any atom is 0.222 e. The number of aromatic nitrogens is 2. The summed E-state index contributed by atoms with van der Waals surface area (Å²) in [6.07, 6.45) is 5.35. The average Bonchev–Trinajstić information content (AvgIpc) is 2.88. The van der Waals surface area contributed by atoms with Gasteiger partial charge in [-0.25, -0.2) is 23.1 Å². The van der Waals surface area contributed by atoms with Crippen molar-refractivity contribution in [3.05, 3.63) is 77.5 Å². The second-order valence-electron chi connectivity index (χ2n) is 7.98. The summed E-state index contributed by atoms with van der Waals surface area (Å²) in [5.74, 6) is -3.18. The van der Waals surface area contributed by atoms with Crippen LogP contribution >= 0.6 is 0 Å². The van der Waals surface area contributed by atoms with Gasteiger partial charge in [-0.05, 0) is 29.8 Å². The Hall–Kier alpha value is -3.79. The molecule has 0 spiro atoms. The van der Waals surface area contributed by atoms with E-state index in [0.29, 0.717) is 18.2 Å². The van der Waals surface area contributed by atoms with Gasteiger partial charge in [-0.3, -0.25) is 0 Å². The highest BCUT2D eigenvalue weighted by Gasteiger charge is 2.27. The molecule has 2 aliphatic rings. The molecule has 2 N–H and O–H groups in total. The minimum absolute atomic E-state index is 0.194. The van der Waals surface area contributed by atoms with Crippen molar-refractivity contribution in [1.29, 1.82) is 0 Å². The van der Waals surface area contributed by atoms with Crippen LogP contribution in [0.25, 0.3) is 5.70 Å². The number of piperazine rings is 1. The molecule has 2 aromatic heterocycles. The van der Waals surface area contributed by atoms with Crippen LogP contribution in [0.1, 0.15) is 11.1 Å². The predicted octanol–water partition coefficient (Wildman–Crippen LogP) is 3.87. The van der Waals surface area contributed by atoms with Crippen molar-refractivity contribution < 1.29 is 17.9 Å². The van der Waals surface area contributed by atoms with Crippen LogP contribution < -0.4 is 20.3 Å². The number of nitrogens with one attached hydrogen (secondary N) is 2. The lowest BCUT2D eigenvalue weighted by molar-refractivity contribution is 0.335. The molecule has 5 rings (SSSR count). The van der Waals surface area contributed by atoms with Gasteiger partial charge in [0.05, 0.1) is 24.1 Å². The van der Waals surface area contributed by atoms with Crippen LogP contribution in [-0.4, -0.2) is 48.2 Å². The molecule has 1 aromatic carbocycles.